The highest BCUT2D eigenvalue weighted by atomic mass is 127. The van der Waals surface area contributed by atoms with Crippen LogP contribution in [-0.4, -0.2) is 30.5 Å². The summed E-state index contributed by atoms with van der Waals surface area (Å²) in [6.07, 6.45) is 0. The lowest BCUT2D eigenvalue weighted by Crippen LogP contribution is -2.13. The fourth-order valence-electron chi connectivity index (χ4n) is 2.21. The molecule has 116 valence electrons. The van der Waals surface area contributed by atoms with Crippen molar-refractivity contribution in [2.75, 3.05) is 13.7 Å². The second-order valence-electron chi connectivity index (χ2n) is 4.79. The van der Waals surface area contributed by atoms with Gasteiger partial charge in [-0.2, -0.15) is 0 Å². The Balaban J connectivity index is 2.15. The molecule has 5 nitrogen and oxygen atoms in total. The van der Waals surface area contributed by atoms with Gasteiger partial charge < -0.3 is 14.5 Å². The van der Waals surface area contributed by atoms with Crippen molar-refractivity contribution >= 4 is 34.3 Å². The number of carbonyl (C=O) groups is 2. The van der Waals surface area contributed by atoms with E-state index < -0.39 is 5.97 Å². The Labute approximate surface area is 142 Å². The number of aryl methyl sites for hydroxylation is 1. The number of Topliss-reactive ketones (excluding diaryl/α,β-unsaturated/α-hetero) is 1. The average Bonchev–Trinajstić information content (AvgIpc) is 2.79. The largest absolute Gasteiger partial charge is 0.485 e. The number of hydrogen-bond donors (Lipinski definition) is 1. The number of aromatic amines is 1. The van der Waals surface area contributed by atoms with Crippen molar-refractivity contribution in [1.29, 1.82) is 0 Å². The minimum Gasteiger partial charge on any atom is -0.485 e. The molecule has 0 atom stereocenters. The van der Waals surface area contributed by atoms with E-state index >= 15 is 0 Å². The second-order valence-corrected chi connectivity index (χ2v) is 6.03. The van der Waals surface area contributed by atoms with Crippen LogP contribution in [0.4, 0.5) is 0 Å². The molecule has 2 aromatic rings. The summed E-state index contributed by atoms with van der Waals surface area (Å²) < 4.78 is 11.3. The maximum Gasteiger partial charge on any atom is 0.339 e. The molecule has 0 saturated carbocycles. The number of ether oxygens (including phenoxy) is 2. The molecule has 6 heteroatoms. The van der Waals surface area contributed by atoms with Crippen LogP contribution in [0.3, 0.4) is 0 Å². The van der Waals surface area contributed by atoms with E-state index in [1.165, 1.54) is 7.11 Å². The first kappa shape index (κ1) is 16.5. The molecule has 2 rings (SSSR count). The van der Waals surface area contributed by atoms with Gasteiger partial charge in [0.2, 0.25) is 5.78 Å². The quantitative estimate of drug-likeness (QED) is 0.464. The number of esters is 1. The van der Waals surface area contributed by atoms with Crippen LogP contribution >= 0.6 is 22.6 Å². The van der Waals surface area contributed by atoms with E-state index in [9.17, 15) is 9.59 Å². The van der Waals surface area contributed by atoms with Gasteiger partial charge in [0.1, 0.15) is 5.75 Å². The third-order valence-corrected chi connectivity index (χ3v) is 3.94. The van der Waals surface area contributed by atoms with E-state index in [0.717, 1.165) is 3.57 Å². The summed E-state index contributed by atoms with van der Waals surface area (Å²) >= 11 is 2.18. The number of methoxy groups -OCH3 is 1. The Morgan fingerprint density at radius 1 is 1.27 bits per heavy atom. The van der Waals surface area contributed by atoms with Crippen molar-refractivity contribution in [3.05, 3.63) is 50.4 Å². The van der Waals surface area contributed by atoms with Crippen molar-refractivity contribution in [3.8, 4) is 5.75 Å². The average molecular weight is 413 g/mol. The van der Waals surface area contributed by atoms with Crippen LogP contribution in [0, 0.1) is 17.4 Å². The maximum atomic E-state index is 12.3. The summed E-state index contributed by atoms with van der Waals surface area (Å²) in [4.78, 5) is 27.0. The number of halogens is 1. The van der Waals surface area contributed by atoms with E-state index in [2.05, 4.69) is 27.6 Å². The first-order chi connectivity index (χ1) is 10.4. The SMILES string of the molecule is COC(=O)c1c(C)[nH]c(C(=O)COc2cccc(I)c2)c1C. The number of nitrogens with one attached hydrogen (secondary N) is 1. The zero-order chi connectivity index (χ0) is 16.3. The van der Waals surface area contributed by atoms with Crippen LogP contribution in [0.1, 0.15) is 32.1 Å². The number of hydrogen-bond acceptors (Lipinski definition) is 4. The molecular formula is C16H16INO4. The minimum atomic E-state index is -0.455. The van der Waals surface area contributed by atoms with Crippen LogP contribution < -0.4 is 4.74 Å². The molecule has 0 aliphatic heterocycles. The van der Waals surface area contributed by atoms with E-state index in [1.54, 1.807) is 19.9 Å². The van der Waals surface area contributed by atoms with Gasteiger partial charge in [0.05, 0.1) is 18.4 Å². The molecule has 0 unspecified atom stereocenters. The van der Waals surface area contributed by atoms with Crippen LogP contribution in [0.15, 0.2) is 24.3 Å². The predicted molar refractivity (Wildman–Crippen MR) is 90.6 cm³/mol. The van der Waals surface area contributed by atoms with Crippen LogP contribution in [0.5, 0.6) is 5.75 Å². The molecule has 1 aromatic heterocycles. The van der Waals surface area contributed by atoms with Gasteiger partial charge >= 0.3 is 5.97 Å². The maximum absolute atomic E-state index is 12.3. The van der Waals surface area contributed by atoms with Crippen LogP contribution in [-0.2, 0) is 4.74 Å². The minimum absolute atomic E-state index is 0.0957. The smallest absolute Gasteiger partial charge is 0.339 e. The summed E-state index contributed by atoms with van der Waals surface area (Å²) in [5.74, 6) is -0.0344. The Kier molecular flexibility index (Phi) is 5.23. The number of H-pyrrole nitrogens is 1. The van der Waals surface area contributed by atoms with E-state index in [4.69, 9.17) is 9.47 Å². The molecule has 22 heavy (non-hydrogen) atoms. The van der Waals surface area contributed by atoms with Gasteiger partial charge in [-0.3, -0.25) is 4.79 Å². The van der Waals surface area contributed by atoms with Gasteiger partial charge in [-0.1, -0.05) is 6.07 Å². The lowest BCUT2D eigenvalue weighted by Gasteiger charge is -2.06. The lowest BCUT2D eigenvalue weighted by molar-refractivity contribution is 0.0599. The summed E-state index contributed by atoms with van der Waals surface area (Å²) in [5, 5.41) is 0. The van der Waals surface area contributed by atoms with Crippen molar-refractivity contribution in [1.82, 2.24) is 4.98 Å². The third kappa shape index (κ3) is 3.49. The number of benzene rings is 1. The summed E-state index contributed by atoms with van der Waals surface area (Å²) in [6, 6.07) is 7.44. The summed E-state index contributed by atoms with van der Waals surface area (Å²) in [5.41, 5.74) is 1.98. The fraction of sp³-hybridized carbons (Fsp3) is 0.250. The van der Waals surface area contributed by atoms with Crippen molar-refractivity contribution < 1.29 is 19.1 Å². The highest BCUT2D eigenvalue weighted by Gasteiger charge is 2.22. The zero-order valence-corrected chi connectivity index (χ0v) is 14.7. The van der Waals surface area contributed by atoms with Gasteiger partial charge in [0, 0.05) is 9.26 Å². The number of aromatic nitrogens is 1. The molecule has 0 aliphatic carbocycles. The molecule has 0 bridgehead atoms. The molecule has 0 spiro atoms. The Hall–Kier alpha value is -1.83. The van der Waals surface area contributed by atoms with E-state index in [1.807, 2.05) is 18.2 Å². The topological polar surface area (TPSA) is 68.4 Å². The number of carbonyl (C=O) groups excluding carboxylic acids is 2. The van der Waals surface area contributed by atoms with Crippen molar-refractivity contribution in [2.24, 2.45) is 0 Å². The predicted octanol–water partition coefficient (Wildman–Crippen LogP) is 3.28. The molecule has 0 fully saturated rings. The summed E-state index contributed by atoms with van der Waals surface area (Å²) in [6.45, 7) is 3.35. The Morgan fingerprint density at radius 2 is 2.00 bits per heavy atom. The van der Waals surface area contributed by atoms with Gasteiger partial charge in [0.25, 0.3) is 0 Å². The molecule has 1 heterocycles. The van der Waals surface area contributed by atoms with Gasteiger partial charge in [-0.05, 0) is 60.2 Å². The lowest BCUT2D eigenvalue weighted by atomic mass is 10.1. The normalized spacial score (nSPS) is 10.4. The Bertz CT molecular complexity index is 721. The van der Waals surface area contributed by atoms with Gasteiger partial charge in [-0.25, -0.2) is 4.79 Å². The second kappa shape index (κ2) is 6.95. The molecule has 1 N–H and O–H groups in total. The van der Waals surface area contributed by atoms with Crippen LogP contribution in [0.25, 0.3) is 0 Å². The van der Waals surface area contributed by atoms with Crippen molar-refractivity contribution in [3.63, 3.8) is 0 Å². The first-order valence-electron chi connectivity index (χ1n) is 6.63. The summed E-state index contributed by atoms with van der Waals surface area (Å²) in [7, 11) is 1.32. The number of rotatable bonds is 5. The molecule has 0 amide bonds. The highest BCUT2D eigenvalue weighted by Crippen LogP contribution is 2.20. The molecule has 1 aromatic carbocycles. The standard InChI is InChI=1S/C16H16INO4/c1-9-14(16(20)21-3)10(2)18-15(9)13(19)8-22-12-6-4-5-11(17)7-12/h4-7,18H,8H2,1-3H3. The monoisotopic (exact) mass is 413 g/mol. The zero-order valence-electron chi connectivity index (χ0n) is 12.5. The van der Waals surface area contributed by atoms with Crippen LogP contribution in [0.2, 0.25) is 0 Å². The van der Waals surface area contributed by atoms with Gasteiger partial charge in [0.15, 0.2) is 6.61 Å². The fourth-order valence-corrected chi connectivity index (χ4v) is 2.73. The van der Waals surface area contributed by atoms with E-state index in [-0.39, 0.29) is 12.4 Å². The molecule has 0 radical (unpaired) electrons. The molecule has 0 saturated heterocycles. The van der Waals surface area contributed by atoms with Gasteiger partial charge in [-0.15, -0.1) is 0 Å². The molecule has 0 aliphatic rings. The highest BCUT2D eigenvalue weighted by molar-refractivity contribution is 14.1. The Morgan fingerprint density at radius 3 is 2.64 bits per heavy atom. The first-order valence-corrected chi connectivity index (χ1v) is 7.71. The third-order valence-electron chi connectivity index (χ3n) is 3.27. The van der Waals surface area contributed by atoms with E-state index in [0.29, 0.717) is 28.3 Å². The number of ketones is 1. The van der Waals surface area contributed by atoms with Crippen molar-refractivity contribution in [2.45, 2.75) is 13.8 Å². The molecular weight excluding hydrogens is 397 g/mol.